The summed E-state index contributed by atoms with van der Waals surface area (Å²) >= 11 is 0. The van der Waals surface area contributed by atoms with E-state index in [4.69, 9.17) is 15.6 Å². The van der Waals surface area contributed by atoms with Gasteiger partial charge in [-0.3, -0.25) is 9.59 Å². The highest BCUT2D eigenvalue weighted by atomic mass is 35.5. The quantitative estimate of drug-likeness (QED) is 0.164. The van der Waals surface area contributed by atoms with Crippen molar-refractivity contribution in [2.75, 3.05) is 13.2 Å². The molecule has 2 aromatic carbocycles. The molecular weight excluding hydrogens is 674 g/mol. The van der Waals surface area contributed by atoms with Gasteiger partial charge in [0.1, 0.15) is 11.5 Å². The van der Waals surface area contributed by atoms with Crippen LogP contribution in [0, 0.1) is 0 Å². The van der Waals surface area contributed by atoms with Crippen LogP contribution in [0.4, 0.5) is 26.3 Å². The van der Waals surface area contributed by atoms with Gasteiger partial charge in [-0.1, -0.05) is 24.3 Å². The predicted molar refractivity (Wildman–Crippen MR) is 167 cm³/mol. The zero-order chi connectivity index (χ0) is 35.5. The van der Waals surface area contributed by atoms with Crippen LogP contribution in [0.5, 0.6) is 11.5 Å². The third-order valence-electron chi connectivity index (χ3n) is 7.46. The molecule has 2 aromatic rings. The van der Waals surface area contributed by atoms with Crippen molar-refractivity contribution in [3.63, 3.8) is 0 Å². The number of aliphatic carboxylic acids is 1. The molecule has 0 bridgehead atoms. The SMILES string of the molecule is C[C@H](N)c1cccc(OCC(F)(F)F)c1.C[C@H](NC(=O)CC1(O)CCC1)c1cccc(OCC(F)(F)F)c1.Cl.O=C(O)CC1(O)CCC1. The van der Waals surface area contributed by atoms with Crippen LogP contribution < -0.4 is 20.5 Å². The monoisotopic (exact) mass is 716 g/mol. The van der Waals surface area contributed by atoms with Crippen LogP contribution in [-0.4, -0.2) is 64.0 Å². The Labute approximate surface area is 281 Å². The first kappa shape index (κ1) is 42.8. The van der Waals surface area contributed by atoms with E-state index in [-0.39, 0.29) is 54.7 Å². The number of carbonyl (C=O) groups excluding carboxylic acids is 1. The van der Waals surface area contributed by atoms with E-state index in [2.05, 4.69) is 10.1 Å². The largest absolute Gasteiger partial charge is 0.484 e. The maximum Gasteiger partial charge on any atom is 0.422 e. The van der Waals surface area contributed by atoms with Crippen molar-refractivity contribution in [2.24, 2.45) is 5.73 Å². The summed E-state index contributed by atoms with van der Waals surface area (Å²) in [6.07, 6.45) is -4.33. The van der Waals surface area contributed by atoms with E-state index in [1.165, 1.54) is 24.3 Å². The van der Waals surface area contributed by atoms with Crippen LogP contribution in [0.15, 0.2) is 48.5 Å². The Balaban J connectivity index is 0.000000395. The number of rotatable bonds is 11. The van der Waals surface area contributed by atoms with Gasteiger partial charge in [-0.2, -0.15) is 26.3 Å². The Morgan fingerprint density at radius 2 is 1.23 bits per heavy atom. The topological polar surface area (TPSA) is 151 Å². The lowest BCUT2D eigenvalue weighted by Crippen LogP contribution is -2.42. The van der Waals surface area contributed by atoms with E-state index in [9.17, 15) is 46.1 Å². The fourth-order valence-corrected chi connectivity index (χ4v) is 4.57. The molecule has 1 amide bonds. The van der Waals surface area contributed by atoms with Crippen molar-refractivity contribution in [1.82, 2.24) is 5.32 Å². The van der Waals surface area contributed by atoms with Crippen LogP contribution in [0.3, 0.4) is 0 Å². The van der Waals surface area contributed by atoms with E-state index >= 15 is 0 Å². The lowest BCUT2D eigenvalue weighted by atomic mass is 9.77. The molecule has 4 rings (SSSR count). The van der Waals surface area contributed by atoms with Crippen molar-refractivity contribution < 1.29 is 60.7 Å². The molecule has 0 radical (unpaired) electrons. The molecule has 0 saturated heterocycles. The summed E-state index contributed by atoms with van der Waals surface area (Å²) in [7, 11) is 0. The zero-order valence-corrected chi connectivity index (χ0v) is 27.4. The first-order valence-electron chi connectivity index (χ1n) is 15.0. The standard InChI is InChI=1S/C16H20F3NO3.C10H12F3NO.C6H10O3.ClH/c1-11(20-14(21)9-15(22)6-3-7-15)12-4-2-5-13(8-12)23-10-16(17,18)19;1-7(14)8-3-2-4-9(5-8)15-6-10(11,12)13;7-5(8)4-6(9)2-1-3-6;/h2,4-5,8,11,22H,3,6-7,9-10H2,1H3,(H,20,21);2-5,7H,6,14H2,1H3;9H,1-4H2,(H,7,8);1H/t11-;7-;;/m00../s1. The second kappa shape index (κ2) is 18.5. The normalized spacial score (nSPS) is 17.1. The molecule has 2 fully saturated rings. The molecule has 0 aliphatic heterocycles. The molecule has 2 aliphatic rings. The number of hydrogen-bond acceptors (Lipinski definition) is 7. The summed E-state index contributed by atoms with van der Waals surface area (Å²) < 4.78 is 81.3. The number of nitrogens with two attached hydrogens (primary N) is 1. The maximum atomic E-state index is 12.2. The number of ether oxygens (including phenoxy) is 2. The lowest BCUT2D eigenvalue weighted by Gasteiger charge is -2.36. The summed E-state index contributed by atoms with van der Waals surface area (Å²) in [5.74, 6) is -0.904. The van der Waals surface area contributed by atoms with Crippen molar-refractivity contribution in [3.8, 4) is 11.5 Å². The molecule has 0 unspecified atom stereocenters. The summed E-state index contributed by atoms with van der Waals surface area (Å²) in [5.41, 5.74) is 5.21. The maximum absolute atomic E-state index is 12.2. The smallest absolute Gasteiger partial charge is 0.422 e. The van der Waals surface area contributed by atoms with Gasteiger partial charge in [-0.15, -0.1) is 12.4 Å². The van der Waals surface area contributed by atoms with E-state index in [1.807, 2.05) is 0 Å². The molecule has 9 nitrogen and oxygen atoms in total. The van der Waals surface area contributed by atoms with Crippen molar-refractivity contribution in [2.45, 2.75) is 101 Å². The van der Waals surface area contributed by atoms with E-state index in [0.29, 0.717) is 31.2 Å². The first-order chi connectivity index (χ1) is 21.7. The molecule has 0 heterocycles. The average Bonchev–Trinajstić information content (AvgIpc) is 2.93. The van der Waals surface area contributed by atoms with Crippen LogP contribution in [-0.2, 0) is 9.59 Å². The van der Waals surface area contributed by atoms with Crippen LogP contribution in [0.25, 0.3) is 0 Å². The van der Waals surface area contributed by atoms with Gasteiger partial charge in [0.05, 0.1) is 30.1 Å². The summed E-state index contributed by atoms with van der Waals surface area (Å²) in [4.78, 5) is 22.0. The van der Waals surface area contributed by atoms with E-state index in [0.717, 1.165) is 18.4 Å². The Kier molecular flexibility index (Phi) is 16.5. The zero-order valence-electron chi connectivity index (χ0n) is 26.6. The van der Waals surface area contributed by atoms with Crippen molar-refractivity contribution in [1.29, 1.82) is 0 Å². The number of benzene rings is 2. The number of carbonyl (C=O) groups is 2. The molecule has 0 aromatic heterocycles. The van der Waals surface area contributed by atoms with Gasteiger partial charge in [-0.05, 0) is 87.8 Å². The van der Waals surface area contributed by atoms with Gasteiger partial charge in [-0.25, -0.2) is 0 Å². The number of halogens is 7. The second-order valence-corrected chi connectivity index (χ2v) is 11.9. The molecule has 2 aliphatic carbocycles. The summed E-state index contributed by atoms with van der Waals surface area (Å²) in [6, 6.07) is 11.9. The average molecular weight is 717 g/mol. The third-order valence-corrected chi connectivity index (χ3v) is 7.46. The molecule has 16 heteroatoms. The fourth-order valence-electron chi connectivity index (χ4n) is 4.57. The van der Waals surface area contributed by atoms with Gasteiger partial charge in [0, 0.05) is 6.04 Å². The second-order valence-electron chi connectivity index (χ2n) is 11.9. The minimum absolute atomic E-state index is 0. The Morgan fingerprint density at radius 3 is 1.58 bits per heavy atom. The van der Waals surface area contributed by atoms with Crippen molar-refractivity contribution >= 4 is 24.3 Å². The molecule has 2 atom stereocenters. The molecule has 272 valence electrons. The number of alkyl halides is 6. The Bertz CT molecular complexity index is 1300. The Morgan fingerprint density at radius 1 is 0.812 bits per heavy atom. The van der Waals surface area contributed by atoms with E-state index < -0.39 is 42.7 Å². The molecule has 0 spiro atoms. The molecule has 2 saturated carbocycles. The Hall–Kier alpha value is -3.27. The van der Waals surface area contributed by atoms with Crippen LogP contribution in [0.1, 0.15) is 88.4 Å². The molecule has 48 heavy (non-hydrogen) atoms. The van der Waals surface area contributed by atoms with Gasteiger partial charge in [0.25, 0.3) is 0 Å². The number of carboxylic acids is 1. The minimum atomic E-state index is -4.39. The number of nitrogens with one attached hydrogen (secondary N) is 1. The van der Waals surface area contributed by atoms with Crippen molar-refractivity contribution in [3.05, 3.63) is 59.7 Å². The number of hydrogen-bond donors (Lipinski definition) is 5. The lowest BCUT2D eigenvalue weighted by molar-refractivity contribution is -0.154. The van der Waals surface area contributed by atoms with Gasteiger partial charge < -0.3 is 35.8 Å². The number of amides is 1. The molecular formula is C32H43ClF6N2O7. The fraction of sp³-hybridized carbons (Fsp3) is 0.562. The molecule has 6 N–H and O–H groups in total. The summed E-state index contributed by atoms with van der Waals surface area (Å²) in [5, 5.41) is 30.2. The van der Waals surface area contributed by atoms with Gasteiger partial charge in [0.15, 0.2) is 13.2 Å². The highest BCUT2D eigenvalue weighted by molar-refractivity contribution is 5.85. The van der Waals surface area contributed by atoms with Gasteiger partial charge in [0.2, 0.25) is 5.91 Å². The van der Waals surface area contributed by atoms with Gasteiger partial charge >= 0.3 is 18.3 Å². The predicted octanol–water partition coefficient (Wildman–Crippen LogP) is 6.56. The van der Waals surface area contributed by atoms with E-state index in [1.54, 1.807) is 38.1 Å². The van der Waals surface area contributed by atoms with Crippen LogP contribution >= 0.6 is 12.4 Å². The highest BCUT2D eigenvalue weighted by Crippen LogP contribution is 2.35. The third kappa shape index (κ3) is 16.7. The minimum Gasteiger partial charge on any atom is -0.484 e. The number of aliphatic hydroxyl groups is 2. The van der Waals surface area contributed by atoms with Crippen LogP contribution in [0.2, 0.25) is 0 Å². The number of carboxylic acid groups (broad SMARTS) is 1. The highest BCUT2D eigenvalue weighted by Gasteiger charge is 2.37. The summed E-state index contributed by atoms with van der Waals surface area (Å²) in [6.45, 7) is 0.841. The first-order valence-corrected chi connectivity index (χ1v) is 15.0.